The Morgan fingerprint density at radius 3 is 2.62 bits per heavy atom. The van der Waals surface area contributed by atoms with Crippen molar-refractivity contribution < 1.29 is 13.2 Å². The summed E-state index contributed by atoms with van der Waals surface area (Å²) in [7, 11) is 1.79. The summed E-state index contributed by atoms with van der Waals surface area (Å²) in [6.07, 6.45) is -0.260. The number of rotatable bonds is 0. The van der Waals surface area contributed by atoms with Gasteiger partial charge < -0.3 is 4.57 Å². The minimum atomic E-state index is -4.26. The maximum Gasteiger partial charge on any atom is 0.412 e. The highest BCUT2D eigenvalue weighted by atomic mass is 19.4. The van der Waals surface area contributed by atoms with Crippen molar-refractivity contribution in [3.8, 4) is 0 Å². The molecule has 16 heavy (non-hydrogen) atoms. The second kappa shape index (κ2) is 3.50. The summed E-state index contributed by atoms with van der Waals surface area (Å²) in [6.45, 7) is 1.82. The third kappa shape index (κ3) is 1.77. The van der Waals surface area contributed by atoms with Crippen molar-refractivity contribution in [2.24, 2.45) is 7.05 Å². The highest BCUT2D eigenvalue weighted by molar-refractivity contribution is 5.46. The highest BCUT2D eigenvalue weighted by Crippen LogP contribution is 2.28. The first-order chi connectivity index (χ1) is 7.39. The van der Waals surface area contributed by atoms with Gasteiger partial charge in [-0.15, -0.1) is 0 Å². The van der Waals surface area contributed by atoms with E-state index in [9.17, 15) is 13.2 Å². The SMILES string of the molecule is Cc1nc2c(n1C)=CC=C(C(F)(F)F)CC=2. The average molecular weight is 228 g/mol. The minimum absolute atomic E-state index is 0.122. The summed E-state index contributed by atoms with van der Waals surface area (Å²) >= 11 is 0. The Bertz CT molecular complexity index is 561. The van der Waals surface area contributed by atoms with Crippen LogP contribution in [0, 0.1) is 6.92 Å². The van der Waals surface area contributed by atoms with E-state index in [1.807, 2.05) is 6.92 Å². The molecule has 86 valence electrons. The lowest BCUT2D eigenvalue weighted by Gasteiger charge is -2.07. The monoisotopic (exact) mass is 228 g/mol. The van der Waals surface area contributed by atoms with Crippen molar-refractivity contribution in [2.45, 2.75) is 19.5 Å². The van der Waals surface area contributed by atoms with Gasteiger partial charge in [0.2, 0.25) is 0 Å². The second-order valence-corrected chi connectivity index (χ2v) is 3.75. The van der Waals surface area contributed by atoms with Crippen LogP contribution in [0.25, 0.3) is 12.2 Å². The van der Waals surface area contributed by atoms with Crippen LogP contribution in [0.4, 0.5) is 13.2 Å². The largest absolute Gasteiger partial charge is 0.412 e. The molecule has 1 heterocycles. The van der Waals surface area contributed by atoms with Crippen LogP contribution in [0.15, 0.2) is 11.6 Å². The first kappa shape index (κ1) is 11.0. The molecule has 0 unspecified atom stereocenters. The van der Waals surface area contributed by atoms with Crippen LogP contribution in [-0.2, 0) is 7.05 Å². The standard InChI is InChI=1S/C11H11F3N2/c1-7-15-9-5-3-8(11(12,13)14)4-6-10(9)16(7)2/h4-6H,3H2,1-2H3. The molecule has 0 amide bonds. The number of hydrogen-bond donors (Lipinski definition) is 0. The molecule has 0 bridgehead atoms. The van der Waals surface area contributed by atoms with E-state index < -0.39 is 11.7 Å². The zero-order valence-corrected chi connectivity index (χ0v) is 8.97. The smallest absolute Gasteiger partial charge is 0.331 e. The molecular formula is C11H11F3N2. The van der Waals surface area contributed by atoms with E-state index in [0.717, 1.165) is 17.2 Å². The van der Waals surface area contributed by atoms with Crippen LogP contribution >= 0.6 is 0 Å². The summed E-state index contributed by atoms with van der Waals surface area (Å²) in [5, 5.41) is 1.34. The summed E-state index contributed by atoms with van der Waals surface area (Å²) in [5.74, 6) is 0.793. The van der Waals surface area contributed by atoms with Crippen LogP contribution in [0.5, 0.6) is 0 Å². The lowest BCUT2D eigenvalue weighted by atomic mass is 10.2. The highest BCUT2D eigenvalue weighted by Gasteiger charge is 2.32. The van der Waals surface area contributed by atoms with Gasteiger partial charge in [0.05, 0.1) is 10.7 Å². The van der Waals surface area contributed by atoms with Gasteiger partial charge in [-0.3, -0.25) is 0 Å². The van der Waals surface area contributed by atoms with Crippen LogP contribution < -0.4 is 10.7 Å². The molecule has 0 aromatic carbocycles. The summed E-state index contributed by atoms with van der Waals surface area (Å²) in [5.41, 5.74) is -0.539. The van der Waals surface area contributed by atoms with Gasteiger partial charge in [-0.05, 0) is 19.4 Å². The first-order valence-electron chi connectivity index (χ1n) is 4.87. The van der Waals surface area contributed by atoms with E-state index in [1.54, 1.807) is 11.6 Å². The molecule has 0 N–H and O–H groups in total. The second-order valence-electron chi connectivity index (χ2n) is 3.75. The molecule has 2 nitrogen and oxygen atoms in total. The molecule has 2 rings (SSSR count). The molecule has 1 aromatic heterocycles. The molecule has 0 spiro atoms. The predicted octanol–water partition coefficient (Wildman–Crippen LogP) is 1.18. The zero-order valence-electron chi connectivity index (χ0n) is 8.97. The lowest BCUT2D eigenvalue weighted by Crippen LogP contribution is -2.28. The Balaban J connectivity index is 2.59. The van der Waals surface area contributed by atoms with E-state index >= 15 is 0 Å². The quantitative estimate of drug-likeness (QED) is 0.652. The maximum absolute atomic E-state index is 12.5. The van der Waals surface area contributed by atoms with Gasteiger partial charge >= 0.3 is 6.18 Å². The van der Waals surface area contributed by atoms with Crippen molar-refractivity contribution in [2.75, 3.05) is 0 Å². The van der Waals surface area contributed by atoms with E-state index in [2.05, 4.69) is 4.98 Å². The fourth-order valence-corrected chi connectivity index (χ4v) is 1.66. The molecule has 0 fully saturated rings. The summed E-state index contributed by atoms with van der Waals surface area (Å²) in [6, 6.07) is 0. The van der Waals surface area contributed by atoms with Crippen molar-refractivity contribution in [3.05, 3.63) is 28.2 Å². The number of hydrogen-bond acceptors (Lipinski definition) is 1. The van der Waals surface area contributed by atoms with Crippen LogP contribution in [-0.4, -0.2) is 15.7 Å². The fraction of sp³-hybridized carbons (Fsp3) is 0.364. The van der Waals surface area contributed by atoms with E-state index in [0.29, 0.717) is 5.35 Å². The van der Waals surface area contributed by atoms with E-state index in [-0.39, 0.29) is 6.42 Å². The van der Waals surface area contributed by atoms with Crippen LogP contribution in [0.3, 0.4) is 0 Å². The molecule has 0 saturated heterocycles. The molecule has 0 aliphatic heterocycles. The molecule has 1 aromatic rings. The van der Waals surface area contributed by atoms with Crippen molar-refractivity contribution in [3.63, 3.8) is 0 Å². The number of imidazole rings is 1. The number of fused-ring (bicyclic) bond motifs is 1. The zero-order chi connectivity index (χ0) is 11.9. The Morgan fingerprint density at radius 2 is 2.00 bits per heavy atom. The van der Waals surface area contributed by atoms with Gasteiger partial charge in [0.25, 0.3) is 0 Å². The van der Waals surface area contributed by atoms with Gasteiger partial charge in [0.1, 0.15) is 5.82 Å². The Kier molecular flexibility index (Phi) is 2.40. The summed E-state index contributed by atoms with van der Waals surface area (Å²) in [4.78, 5) is 4.20. The van der Waals surface area contributed by atoms with Gasteiger partial charge in [-0.2, -0.15) is 13.2 Å². The van der Waals surface area contributed by atoms with Gasteiger partial charge in [-0.25, -0.2) is 4.98 Å². The maximum atomic E-state index is 12.5. The number of alkyl halides is 3. The number of nitrogens with zero attached hydrogens (tertiary/aromatic N) is 2. The van der Waals surface area contributed by atoms with Crippen molar-refractivity contribution in [1.29, 1.82) is 0 Å². The molecular weight excluding hydrogens is 217 g/mol. The van der Waals surface area contributed by atoms with Crippen LogP contribution in [0.1, 0.15) is 12.2 Å². The third-order valence-electron chi connectivity index (χ3n) is 2.71. The normalized spacial score (nSPS) is 15.7. The van der Waals surface area contributed by atoms with Crippen LogP contribution in [0.2, 0.25) is 0 Å². The van der Waals surface area contributed by atoms with Crippen molar-refractivity contribution >= 4 is 12.2 Å². The molecule has 0 atom stereocenters. The number of aryl methyl sites for hydroxylation is 1. The predicted molar refractivity (Wildman–Crippen MR) is 54.9 cm³/mol. The fourth-order valence-electron chi connectivity index (χ4n) is 1.66. The number of aromatic nitrogens is 2. The molecule has 1 aliphatic carbocycles. The average Bonchev–Trinajstić information content (AvgIpc) is 2.39. The lowest BCUT2D eigenvalue weighted by molar-refractivity contribution is -0.0924. The number of allylic oxidation sites excluding steroid dienone is 2. The van der Waals surface area contributed by atoms with Gasteiger partial charge in [-0.1, -0.05) is 12.2 Å². The number of halogens is 3. The minimum Gasteiger partial charge on any atom is -0.331 e. The topological polar surface area (TPSA) is 17.8 Å². The Hall–Kier alpha value is -1.52. The molecule has 0 radical (unpaired) electrons. The molecule has 5 heteroatoms. The van der Waals surface area contributed by atoms with Gasteiger partial charge in [0.15, 0.2) is 0 Å². The van der Waals surface area contributed by atoms with E-state index in [1.165, 1.54) is 12.2 Å². The Labute approximate surface area is 90.4 Å². The van der Waals surface area contributed by atoms with Gasteiger partial charge in [0, 0.05) is 12.6 Å². The molecule has 0 saturated carbocycles. The molecule has 1 aliphatic rings. The summed E-state index contributed by atoms with van der Waals surface area (Å²) < 4.78 is 39.3. The third-order valence-corrected chi connectivity index (χ3v) is 2.71. The first-order valence-corrected chi connectivity index (χ1v) is 4.87. The van der Waals surface area contributed by atoms with E-state index in [4.69, 9.17) is 0 Å². The van der Waals surface area contributed by atoms with Crippen molar-refractivity contribution in [1.82, 2.24) is 9.55 Å². The Morgan fingerprint density at radius 1 is 1.31 bits per heavy atom.